The van der Waals surface area contributed by atoms with Crippen molar-refractivity contribution in [1.82, 2.24) is 5.32 Å². The molecule has 1 aromatic rings. The highest BCUT2D eigenvalue weighted by Gasteiger charge is 2.22. The van der Waals surface area contributed by atoms with Crippen LogP contribution in [-0.4, -0.2) is 25.0 Å². The number of fused-ring (bicyclic) bond motifs is 1. The Morgan fingerprint density at radius 3 is 2.75 bits per heavy atom. The summed E-state index contributed by atoms with van der Waals surface area (Å²) in [6, 6.07) is 4.43. The summed E-state index contributed by atoms with van der Waals surface area (Å²) >= 11 is 0. The highest BCUT2D eigenvalue weighted by Crippen LogP contribution is 2.31. The number of amides is 1. The summed E-state index contributed by atoms with van der Waals surface area (Å²) in [5, 5.41) is 3.09. The van der Waals surface area contributed by atoms with Crippen LogP contribution in [0.3, 0.4) is 0 Å². The molecule has 4 nitrogen and oxygen atoms in total. The minimum atomic E-state index is 0.102. The van der Waals surface area contributed by atoms with Gasteiger partial charge in [-0.05, 0) is 43.4 Å². The molecule has 0 aromatic heterocycles. The monoisotopic (exact) mass is 275 g/mol. The second-order valence-electron chi connectivity index (χ2n) is 5.59. The lowest BCUT2D eigenvalue weighted by molar-refractivity contribution is -0.120. The Kier molecular flexibility index (Phi) is 4.53. The van der Waals surface area contributed by atoms with Gasteiger partial charge in [-0.3, -0.25) is 4.79 Å². The number of nitrogens with one attached hydrogen (secondary N) is 1. The molecule has 0 atom stereocenters. The lowest BCUT2D eigenvalue weighted by Crippen LogP contribution is -2.41. The predicted octanol–water partition coefficient (Wildman–Crippen LogP) is 2.24. The second-order valence-corrected chi connectivity index (χ2v) is 5.59. The van der Waals surface area contributed by atoms with E-state index in [0.717, 1.165) is 42.7 Å². The van der Waals surface area contributed by atoms with Crippen LogP contribution in [-0.2, 0) is 11.2 Å². The van der Waals surface area contributed by atoms with E-state index in [0.29, 0.717) is 6.54 Å². The molecule has 0 unspecified atom stereocenters. The summed E-state index contributed by atoms with van der Waals surface area (Å²) in [6.45, 7) is 7.55. The predicted molar refractivity (Wildman–Crippen MR) is 84.0 cm³/mol. The van der Waals surface area contributed by atoms with Gasteiger partial charge in [-0.2, -0.15) is 0 Å². The van der Waals surface area contributed by atoms with E-state index in [1.165, 1.54) is 5.56 Å². The van der Waals surface area contributed by atoms with Gasteiger partial charge >= 0.3 is 0 Å². The Labute approximate surface area is 121 Å². The Balaban J connectivity index is 2.03. The Hall–Kier alpha value is -1.71. The van der Waals surface area contributed by atoms with E-state index in [2.05, 4.69) is 30.1 Å². The zero-order valence-electron chi connectivity index (χ0n) is 12.7. The van der Waals surface area contributed by atoms with E-state index < -0.39 is 0 Å². The maximum atomic E-state index is 12.1. The SMILES string of the molecule is CCC(CC)NC(=O)CN1CCc2cc(C)c(N)cc21. The van der Waals surface area contributed by atoms with Crippen molar-refractivity contribution in [3.05, 3.63) is 23.3 Å². The fourth-order valence-corrected chi connectivity index (χ4v) is 2.75. The minimum absolute atomic E-state index is 0.102. The number of carbonyl (C=O) groups is 1. The molecule has 110 valence electrons. The summed E-state index contributed by atoms with van der Waals surface area (Å²) in [5.74, 6) is 0.102. The zero-order chi connectivity index (χ0) is 14.7. The van der Waals surface area contributed by atoms with E-state index in [-0.39, 0.29) is 11.9 Å². The summed E-state index contributed by atoms with van der Waals surface area (Å²) in [4.78, 5) is 14.2. The number of benzene rings is 1. The van der Waals surface area contributed by atoms with Crippen LogP contribution in [0.15, 0.2) is 12.1 Å². The smallest absolute Gasteiger partial charge is 0.239 e. The van der Waals surface area contributed by atoms with Crippen LogP contribution < -0.4 is 16.0 Å². The van der Waals surface area contributed by atoms with Crippen LogP contribution in [0, 0.1) is 6.92 Å². The minimum Gasteiger partial charge on any atom is -0.398 e. The molecule has 1 aliphatic rings. The quantitative estimate of drug-likeness (QED) is 0.810. The van der Waals surface area contributed by atoms with Crippen molar-refractivity contribution >= 4 is 17.3 Å². The van der Waals surface area contributed by atoms with Crippen molar-refractivity contribution in [2.24, 2.45) is 0 Å². The molecule has 1 aliphatic heterocycles. The van der Waals surface area contributed by atoms with Gasteiger partial charge in [0.15, 0.2) is 0 Å². The number of carbonyl (C=O) groups excluding carboxylic acids is 1. The van der Waals surface area contributed by atoms with Gasteiger partial charge in [-0.25, -0.2) is 0 Å². The summed E-state index contributed by atoms with van der Waals surface area (Å²) in [7, 11) is 0. The molecule has 0 bridgehead atoms. The van der Waals surface area contributed by atoms with Gasteiger partial charge in [-0.1, -0.05) is 19.9 Å². The normalized spacial score (nSPS) is 13.7. The number of rotatable bonds is 5. The van der Waals surface area contributed by atoms with Gasteiger partial charge in [-0.15, -0.1) is 0 Å². The van der Waals surface area contributed by atoms with Crippen LogP contribution in [0.4, 0.5) is 11.4 Å². The molecule has 4 heteroatoms. The Bertz CT molecular complexity index is 495. The van der Waals surface area contributed by atoms with E-state index in [1.54, 1.807) is 0 Å². The number of nitrogens with two attached hydrogens (primary N) is 1. The maximum absolute atomic E-state index is 12.1. The average Bonchev–Trinajstić information content (AvgIpc) is 2.79. The summed E-state index contributed by atoms with van der Waals surface area (Å²) in [5.41, 5.74) is 10.3. The van der Waals surface area contributed by atoms with Crippen molar-refractivity contribution in [2.75, 3.05) is 23.7 Å². The van der Waals surface area contributed by atoms with E-state index in [9.17, 15) is 4.79 Å². The van der Waals surface area contributed by atoms with Gasteiger partial charge in [0.2, 0.25) is 5.91 Å². The molecular formula is C16H25N3O. The van der Waals surface area contributed by atoms with Crippen LogP contribution >= 0.6 is 0 Å². The first-order valence-electron chi connectivity index (χ1n) is 7.48. The molecule has 0 radical (unpaired) electrons. The van der Waals surface area contributed by atoms with Gasteiger partial charge in [0, 0.05) is 24.0 Å². The van der Waals surface area contributed by atoms with Crippen molar-refractivity contribution < 1.29 is 4.79 Å². The van der Waals surface area contributed by atoms with Crippen LogP contribution in [0.2, 0.25) is 0 Å². The number of nitrogen functional groups attached to an aromatic ring is 1. The molecular weight excluding hydrogens is 250 g/mol. The summed E-state index contributed by atoms with van der Waals surface area (Å²) in [6.07, 6.45) is 2.95. The van der Waals surface area contributed by atoms with Crippen molar-refractivity contribution in [2.45, 2.75) is 46.1 Å². The molecule has 0 spiro atoms. The molecule has 0 aliphatic carbocycles. The third-order valence-electron chi connectivity index (χ3n) is 4.14. The molecule has 0 saturated carbocycles. The highest BCUT2D eigenvalue weighted by molar-refractivity contribution is 5.83. The van der Waals surface area contributed by atoms with E-state index in [1.807, 2.05) is 13.0 Å². The Morgan fingerprint density at radius 2 is 2.10 bits per heavy atom. The number of nitrogens with zero attached hydrogens (tertiary/aromatic N) is 1. The van der Waals surface area contributed by atoms with Crippen molar-refractivity contribution in [1.29, 1.82) is 0 Å². The number of aryl methyl sites for hydroxylation is 1. The largest absolute Gasteiger partial charge is 0.398 e. The number of hydrogen-bond acceptors (Lipinski definition) is 3. The molecule has 3 N–H and O–H groups in total. The summed E-state index contributed by atoms with van der Waals surface area (Å²) < 4.78 is 0. The molecule has 1 amide bonds. The molecule has 20 heavy (non-hydrogen) atoms. The molecule has 1 heterocycles. The van der Waals surface area contributed by atoms with Gasteiger partial charge in [0.05, 0.1) is 6.54 Å². The van der Waals surface area contributed by atoms with Crippen LogP contribution in [0.5, 0.6) is 0 Å². The average molecular weight is 275 g/mol. The fourth-order valence-electron chi connectivity index (χ4n) is 2.75. The Morgan fingerprint density at radius 1 is 1.40 bits per heavy atom. The number of anilines is 2. The van der Waals surface area contributed by atoms with Crippen molar-refractivity contribution in [3.8, 4) is 0 Å². The third-order valence-corrected chi connectivity index (χ3v) is 4.14. The lowest BCUT2D eigenvalue weighted by Gasteiger charge is -2.22. The van der Waals surface area contributed by atoms with E-state index in [4.69, 9.17) is 5.73 Å². The standard InChI is InChI=1S/C16H25N3O/c1-4-13(5-2)18-16(20)10-19-7-6-12-8-11(3)14(17)9-15(12)19/h8-9,13H,4-7,10,17H2,1-3H3,(H,18,20). The molecule has 1 aromatic carbocycles. The number of hydrogen-bond donors (Lipinski definition) is 2. The fraction of sp³-hybridized carbons (Fsp3) is 0.562. The molecule has 2 rings (SSSR count). The van der Waals surface area contributed by atoms with Crippen LogP contribution in [0.1, 0.15) is 37.8 Å². The first-order chi connectivity index (χ1) is 9.55. The van der Waals surface area contributed by atoms with E-state index >= 15 is 0 Å². The molecule has 0 saturated heterocycles. The first kappa shape index (κ1) is 14.7. The highest BCUT2D eigenvalue weighted by atomic mass is 16.2. The first-order valence-corrected chi connectivity index (χ1v) is 7.48. The van der Waals surface area contributed by atoms with Gasteiger partial charge in [0.1, 0.15) is 0 Å². The lowest BCUT2D eigenvalue weighted by atomic mass is 10.1. The second kappa shape index (κ2) is 6.16. The van der Waals surface area contributed by atoms with Crippen LogP contribution in [0.25, 0.3) is 0 Å². The van der Waals surface area contributed by atoms with Crippen molar-refractivity contribution in [3.63, 3.8) is 0 Å². The molecule has 0 fully saturated rings. The third kappa shape index (κ3) is 3.06. The van der Waals surface area contributed by atoms with Gasteiger partial charge in [0.25, 0.3) is 0 Å². The van der Waals surface area contributed by atoms with Gasteiger partial charge < -0.3 is 16.0 Å². The topological polar surface area (TPSA) is 58.4 Å². The zero-order valence-corrected chi connectivity index (χ0v) is 12.7. The maximum Gasteiger partial charge on any atom is 0.239 e.